The third-order valence-corrected chi connectivity index (χ3v) is 2.60. The second kappa shape index (κ2) is 5.09. The van der Waals surface area contributed by atoms with Crippen molar-refractivity contribution in [1.29, 1.82) is 0 Å². The molecule has 1 atom stereocenters. The molecule has 86 valence electrons. The van der Waals surface area contributed by atoms with E-state index in [0.29, 0.717) is 19.6 Å². The van der Waals surface area contributed by atoms with Crippen molar-refractivity contribution >= 4 is 11.8 Å². The molecule has 1 saturated heterocycles. The molecule has 0 radical (unpaired) electrons. The largest absolute Gasteiger partial charge is 0.375 e. The van der Waals surface area contributed by atoms with Crippen LogP contribution in [-0.4, -0.2) is 68.1 Å². The van der Waals surface area contributed by atoms with E-state index in [9.17, 15) is 9.59 Å². The third-order valence-electron chi connectivity index (χ3n) is 2.60. The number of carbonyl (C=O) groups excluding carboxylic acids is 2. The number of nitrogens with zero attached hydrogens (tertiary/aromatic N) is 2. The third kappa shape index (κ3) is 2.90. The van der Waals surface area contributed by atoms with Crippen molar-refractivity contribution in [3.8, 4) is 0 Å². The number of hydrogen-bond donors (Lipinski definition) is 1. The summed E-state index contributed by atoms with van der Waals surface area (Å²) in [5, 5.41) is 0. The van der Waals surface area contributed by atoms with Gasteiger partial charge in [0.1, 0.15) is 12.6 Å². The Kier molecular flexibility index (Phi) is 4.05. The molecule has 0 saturated carbocycles. The van der Waals surface area contributed by atoms with Crippen LogP contribution in [0.15, 0.2) is 0 Å². The number of hydrogen-bond acceptors (Lipinski definition) is 4. The van der Waals surface area contributed by atoms with Crippen molar-refractivity contribution in [1.82, 2.24) is 9.80 Å². The van der Waals surface area contributed by atoms with Crippen molar-refractivity contribution in [2.75, 3.05) is 40.4 Å². The summed E-state index contributed by atoms with van der Waals surface area (Å²) in [6, 6.07) is -0.389. The smallest absolute Gasteiger partial charge is 0.248 e. The Bertz CT molecular complexity index is 257. The molecule has 6 heteroatoms. The molecule has 0 bridgehead atoms. The van der Waals surface area contributed by atoms with Gasteiger partial charge in [-0.1, -0.05) is 0 Å². The van der Waals surface area contributed by atoms with Gasteiger partial charge >= 0.3 is 0 Å². The highest BCUT2D eigenvalue weighted by Gasteiger charge is 2.30. The van der Waals surface area contributed by atoms with Crippen molar-refractivity contribution in [3.63, 3.8) is 0 Å². The van der Waals surface area contributed by atoms with E-state index in [-0.39, 0.29) is 18.6 Å². The molecule has 0 aromatic carbocycles. The van der Waals surface area contributed by atoms with Gasteiger partial charge in [0.2, 0.25) is 11.8 Å². The van der Waals surface area contributed by atoms with Crippen LogP contribution in [0.25, 0.3) is 0 Å². The predicted octanol–water partition coefficient (Wildman–Crippen LogP) is -1.74. The topological polar surface area (TPSA) is 75.9 Å². The van der Waals surface area contributed by atoms with Gasteiger partial charge in [0.25, 0.3) is 0 Å². The fourth-order valence-electron chi connectivity index (χ4n) is 1.62. The summed E-state index contributed by atoms with van der Waals surface area (Å²) in [5.74, 6) is -0.496. The summed E-state index contributed by atoms with van der Waals surface area (Å²) < 4.78 is 4.76. The first-order valence-corrected chi connectivity index (χ1v) is 4.82. The van der Waals surface area contributed by atoms with Crippen molar-refractivity contribution in [2.45, 2.75) is 6.04 Å². The average molecular weight is 215 g/mol. The molecule has 1 rings (SSSR count). The molecule has 1 aliphatic heterocycles. The zero-order valence-electron chi connectivity index (χ0n) is 9.10. The van der Waals surface area contributed by atoms with Crippen molar-refractivity contribution in [2.24, 2.45) is 5.73 Å². The number of nitrogens with two attached hydrogens (primary N) is 1. The highest BCUT2D eigenvalue weighted by molar-refractivity contribution is 5.82. The average Bonchev–Trinajstić information content (AvgIpc) is 2.18. The number of methoxy groups -OCH3 is 1. The number of piperazine rings is 1. The summed E-state index contributed by atoms with van der Waals surface area (Å²) in [6.45, 7) is 1.68. The fraction of sp³-hybridized carbons (Fsp3) is 0.778. The molecular weight excluding hydrogens is 198 g/mol. The summed E-state index contributed by atoms with van der Waals surface area (Å²) in [5.41, 5.74) is 5.24. The first-order valence-electron chi connectivity index (χ1n) is 4.82. The van der Waals surface area contributed by atoms with E-state index in [1.165, 1.54) is 7.11 Å². The minimum absolute atomic E-state index is 0.0508. The van der Waals surface area contributed by atoms with Gasteiger partial charge in [-0.2, -0.15) is 0 Å². The van der Waals surface area contributed by atoms with E-state index < -0.39 is 5.91 Å². The van der Waals surface area contributed by atoms with Gasteiger partial charge in [-0.3, -0.25) is 14.5 Å². The van der Waals surface area contributed by atoms with Gasteiger partial charge in [0.15, 0.2) is 0 Å². The van der Waals surface area contributed by atoms with E-state index in [2.05, 4.69) is 0 Å². The Labute approximate surface area is 88.9 Å². The maximum atomic E-state index is 11.5. The highest BCUT2D eigenvalue weighted by atomic mass is 16.5. The summed E-state index contributed by atoms with van der Waals surface area (Å²) in [4.78, 5) is 26.1. The maximum Gasteiger partial charge on any atom is 0.248 e. The highest BCUT2D eigenvalue weighted by Crippen LogP contribution is 2.07. The van der Waals surface area contributed by atoms with E-state index in [0.717, 1.165) is 0 Å². The van der Waals surface area contributed by atoms with Gasteiger partial charge in [-0.05, 0) is 7.05 Å². The number of likely N-dealkylation sites (N-methyl/N-ethyl adjacent to an activating group) is 1. The maximum absolute atomic E-state index is 11.5. The number of amides is 2. The van der Waals surface area contributed by atoms with Gasteiger partial charge in [0, 0.05) is 26.7 Å². The molecule has 1 fully saturated rings. The van der Waals surface area contributed by atoms with Gasteiger partial charge in [-0.25, -0.2) is 0 Å². The molecule has 6 nitrogen and oxygen atoms in total. The molecule has 2 N–H and O–H groups in total. The zero-order chi connectivity index (χ0) is 11.4. The zero-order valence-corrected chi connectivity index (χ0v) is 9.10. The van der Waals surface area contributed by atoms with Crippen molar-refractivity contribution in [3.05, 3.63) is 0 Å². The van der Waals surface area contributed by atoms with E-state index in [1.54, 1.807) is 4.90 Å². The Morgan fingerprint density at radius 3 is 2.67 bits per heavy atom. The van der Waals surface area contributed by atoms with Gasteiger partial charge in [-0.15, -0.1) is 0 Å². The normalized spacial score (nSPS) is 22.8. The van der Waals surface area contributed by atoms with Crippen LogP contribution in [0, 0.1) is 0 Å². The predicted molar refractivity (Wildman–Crippen MR) is 54.1 cm³/mol. The van der Waals surface area contributed by atoms with E-state index >= 15 is 0 Å². The Balaban J connectivity index is 2.57. The molecule has 15 heavy (non-hydrogen) atoms. The standard InChI is InChI=1S/C9H17N3O3/c1-11-3-4-12(8(13)6-15-2)5-7(11)9(10)14/h7H,3-6H2,1-2H3,(H2,10,14). The summed E-state index contributed by atoms with van der Waals surface area (Å²) in [7, 11) is 3.30. The lowest BCUT2D eigenvalue weighted by Gasteiger charge is -2.37. The first-order chi connectivity index (χ1) is 7.06. The van der Waals surface area contributed by atoms with Gasteiger partial charge < -0.3 is 15.4 Å². The second-order valence-electron chi connectivity index (χ2n) is 3.67. The minimum atomic E-state index is -0.396. The fourth-order valence-corrected chi connectivity index (χ4v) is 1.62. The lowest BCUT2D eigenvalue weighted by Crippen LogP contribution is -2.58. The van der Waals surface area contributed by atoms with E-state index in [4.69, 9.17) is 10.5 Å². The molecular formula is C9H17N3O3. The first kappa shape index (κ1) is 11.9. The molecule has 1 aliphatic rings. The molecule has 0 aromatic rings. The van der Waals surface area contributed by atoms with Gasteiger partial charge in [0.05, 0.1) is 0 Å². The van der Waals surface area contributed by atoms with Crippen molar-refractivity contribution < 1.29 is 14.3 Å². The second-order valence-corrected chi connectivity index (χ2v) is 3.67. The number of rotatable bonds is 3. The van der Waals surface area contributed by atoms with Crippen LogP contribution in [0.2, 0.25) is 0 Å². The minimum Gasteiger partial charge on any atom is -0.375 e. The summed E-state index contributed by atoms with van der Waals surface area (Å²) >= 11 is 0. The van der Waals surface area contributed by atoms with Crippen LogP contribution in [0.3, 0.4) is 0 Å². The Morgan fingerprint density at radius 2 is 2.13 bits per heavy atom. The van der Waals surface area contributed by atoms with Crippen LogP contribution in [0.1, 0.15) is 0 Å². The lowest BCUT2D eigenvalue weighted by atomic mass is 10.1. The van der Waals surface area contributed by atoms with E-state index in [1.807, 2.05) is 11.9 Å². The molecule has 0 spiro atoms. The quantitative estimate of drug-likeness (QED) is 0.606. The van der Waals surface area contributed by atoms with Crippen LogP contribution in [0.5, 0.6) is 0 Å². The van der Waals surface area contributed by atoms with Crippen LogP contribution < -0.4 is 5.73 Å². The SMILES string of the molecule is COCC(=O)N1CCN(C)C(C(N)=O)C1. The molecule has 0 aliphatic carbocycles. The number of ether oxygens (including phenoxy) is 1. The number of carbonyl (C=O) groups is 2. The Morgan fingerprint density at radius 1 is 1.47 bits per heavy atom. The van der Waals surface area contributed by atoms with Crippen LogP contribution in [0.4, 0.5) is 0 Å². The summed E-state index contributed by atoms with van der Waals surface area (Å²) in [6.07, 6.45) is 0. The lowest BCUT2D eigenvalue weighted by molar-refractivity contribution is -0.139. The monoisotopic (exact) mass is 215 g/mol. The van der Waals surface area contributed by atoms with Crippen LogP contribution in [-0.2, 0) is 14.3 Å². The Hall–Kier alpha value is -1.14. The molecule has 0 aromatic heterocycles. The molecule has 1 unspecified atom stereocenters. The number of primary amides is 1. The molecule has 2 amide bonds. The van der Waals surface area contributed by atoms with Crippen LogP contribution >= 0.6 is 0 Å². The molecule has 1 heterocycles.